The van der Waals surface area contributed by atoms with Gasteiger partial charge in [-0.2, -0.15) is 0 Å². The van der Waals surface area contributed by atoms with Gasteiger partial charge in [-0.1, -0.05) is 44.2 Å². The highest BCUT2D eigenvalue weighted by Crippen LogP contribution is 2.30. The van der Waals surface area contributed by atoms with Gasteiger partial charge in [0.15, 0.2) is 0 Å². The third-order valence-electron chi connectivity index (χ3n) is 6.49. The quantitative estimate of drug-likeness (QED) is 0.702. The van der Waals surface area contributed by atoms with Crippen LogP contribution in [0.15, 0.2) is 12.3 Å². The fraction of sp³-hybridized carbons (Fsp3) is 0.900. The lowest BCUT2D eigenvalue weighted by Gasteiger charge is -2.52. The Morgan fingerprint density at radius 1 is 0.458 bits per heavy atom. The second kappa shape index (κ2) is 9.51. The van der Waals surface area contributed by atoms with Crippen LogP contribution < -0.4 is 0 Å². The zero-order valence-corrected chi connectivity index (χ0v) is 16.9. The monoisotopic (exact) mass is 349 g/mol. The summed E-state index contributed by atoms with van der Waals surface area (Å²) in [5.74, 6) is 0. The fourth-order valence-electron chi connectivity index (χ4n) is 5.19. The molecule has 138 valence electrons. The normalized spacial score (nSPS) is 27.2. The molecule has 0 aliphatic carbocycles. The van der Waals surface area contributed by atoms with E-state index in [1.165, 1.54) is 116 Å². The van der Waals surface area contributed by atoms with Gasteiger partial charge in [-0.15, -0.1) is 6.58 Å². The van der Waals surface area contributed by atoms with Crippen molar-refractivity contribution in [3.63, 3.8) is 0 Å². The second-order valence-electron chi connectivity index (χ2n) is 8.10. The summed E-state index contributed by atoms with van der Waals surface area (Å²) in [5.41, 5.74) is 2.47. The van der Waals surface area contributed by atoms with E-state index in [2.05, 4.69) is 26.0 Å². The van der Waals surface area contributed by atoms with E-state index in [4.69, 9.17) is 0 Å². The first-order valence-electron chi connectivity index (χ1n) is 10.8. The average Bonchev–Trinajstić information content (AvgIpc) is 3.13. The minimum absolute atomic E-state index is 1.31. The van der Waals surface area contributed by atoms with Crippen LogP contribution in [0.25, 0.3) is 0 Å². The Morgan fingerprint density at radius 2 is 0.708 bits per heavy atom. The van der Waals surface area contributed by atoms with Crippen LogP contribution in [0.5, 0.6) is 0 Å². The van der Waals surface area contributed by atoms with Crippen molar-refractivity contribution in [2.45, 2.75) is 77.0 Å². The maximum absolute atomic E-state index is 4.49. The summed E-state index contributed by atoms with van der Waals surface area (Å²) in [4.78, 5) is 0. The maximum Gasteiger partial charge on any atom is 0.315 e. The standard InChI is InChI=1S/C20H39N3Si/c1-2-24(21-15-9-3-4-10-16-21,22-17-11-5-6-12-18-22)23-19-13-7-8-14-20-23/h2H,1,3-20H2. The summed E-state index contributed by atoms with van der Waals surface area (Å²) in [7, 11) is -1.90. The molecule has 0 aromatic carbocycles. The summed E-state index contributed by atoms with van der Waals surface area (Å²) in [6.07, 6.45) is 16.9. The van der Waals surface area contributed by atoms with Crippen LogP contribution in [0.2, 0.25) is 0 Å². The third-order valence-corrected chi connectivity index (χ3v) is 11.2. The molecular formula is C20H39N3Si. The lowest BCUT2D eigenvalue weighted by molar-refractivity contribution is 0.254. The second-order valence-corrected chi connectivity index (χ2v) is 11.8. The van der Waals surface area contributed by atoms with Gasteiger partial charge in [-0.3, -0.25) is 13.7 Å². The Morgan fingerprint density at radius 3 is 0.917 bits per heavy atom. The van der Waals surface area contributed by atoms with Crippen molar-refractivity contribution in [3.8, 4) is 0 Å². The Bertz CT molecular complexity index is 313. The van der Waals surface area contributed by atoms with E-state index >= 15 is 0 Å². The SMILES string of the molecule is C=C[Si](N1CCCCCC1)(N1CCCCCC1)N1CCCCCC1. The molecule has 3 aliphatic rings. The molecular weight excluding hydrogens is 310 g/mol. The summed E-state index contributed by atoms with van der Waals surface area (Å²) in [6, 6.07) is 0. The number of hydrogen-bond donors (Lipinski definition) is 0. The number of nitrogens with zero attached hydrogens (tertiary/aromatic N) is 3. The van der Waals surface area contributed by atoms with E-state index in [1.807, 2.05) is 0 Å². The smallest absolute Gasteiger partial charge is 0.296 e. The number of rotatable bonds is 4. The van der Waals surface area contributed by atoms with Gasteiger partial charge in [0.2, 0.25) is 0 Å². The Hall–Kier alpha value is -0.163. The first-order chi connectivity index (χ1) is 11.9. The molecule has 3 saturated heterocycles. The van der Waals surface area contributed by atoms with Crippen molar-refractivity contribution in [1.82, 2.24) is 13.7 Å². The van der Waals surface area contributed by atoms with Crippen molar-refractivity contribution in [2.75, 3.05) is 39.3 Å². The summed E-state index contributed by atoms with van der Waals surface area (Å²) in [5, 5.41) is 0. The average molecular weight is 350 g/mol. The first-order valence-corrected chi connectivity index (χ1v) is 12.7. The van der Waals surface area contributed by atoms with Gasteiger partial charge in [-0.05, 0) is 77.8 Å². The molecule has 3 nitrogen and oxygen atoms in total. The predicted molar refractivity (Wildman–Crippen MR) is 106 cm³/mol. The van der Waals surface area contributed by atoms with Gasteiger partial charge in [-0.25, -0.2) is 0 Å². The van der Waals surface area contributed by atoms with Gasteiger partial charge < -0.3 is 0 Å². The lowest BCUT2D eigenvalue weighted by atomic mass is 10.2. The largest absolute Gasteiger partial charge is 0.315 e. The van der Waals surface area contributed by atoms with Crippen LogP contribution >= 0.6 is 0 Å². The van der Waals surface area contributed by atoms with Crippen molar-refractivity contribution >= 4 is 8.56 Å². The zero-order valence-electron chi connectivity index (χ0n) is 15.9. The topological polar surface area (TPSA) is 9.72 Å². The molecule has 0 aromatic heterocycles. The lowest BCUT2D eigenvalue weighted by Crippen LogP contribution is -2.74. The first kappa shape index (κ1) is 18.6. The molecule has 0 amide bonds. The molecule has 3 heterocycles. The molecule has 3 rings (SSSR count). The van der Waals surface area contributed by atoms with Crippen LogP contribution in [-0.4, -0.2) is 61.5 Å². The van der Waals surface area contributed by atoms with Crippen LogP contribution in [-0.2, 0) is 0 Å². The highest BCUT2D eigenvalue weighted by Gasteiger charge is 2.48. The van der Waals surface area contributed by atoms with E-state index in [1.54, 1.807) is 0 Å². The Labute approximate surface area is 151 Å². The molecule has 0 bridgehead atoms. The Balaban J connectivity index is 1.90. The molecule has 0 atom stereocenters. The van der Waals surface area contributed by atoms with E-state index in [9.17, 15) is 0 Å². The van der Waals surface area contributed by atoms with Gasteiger partial charge in [0, 0.05) is 0 Å². The highest BCUT2D eigenvalue weighted by atomic mass is 28.4. The molecule has 0 spiro atoms. The van der Waals surface area contributed by atoms with Gasteiger partial charge in [0.05, 0.1) is 0 Å². The maximum atomic E-state index is 4.49. The van der Waals surface area contributed by atoms with Gasteiger partial charge in [0.1, 0.15) is 0 Å². The minimum Gasteiger partial charge on any atom is -0.296 e. The van der Waals surface area contributed by atoms with Crippen LogP contribution in [0.1, 0.15) is 77.0 Å². The molecule has 24 heavy (non-hydrogen) atoms. The molecule has 0 aromatic rings. The van der Waals surface area contributed by atoms with Crippen molar-refractivity contribution in [1.29, 1.82) is 0 Å². The van der Waals surface area contributed by atoms with Crippen LogP contribution in [0, 0.1) is 0 Å². The fourth-order valence-corrected chi connectivity index (χ4v) is 10.1. The summed E-state index contributed by atoms with van der Waals surface area (Å²) >= 11 is 0. The zero-order chi connectivity index (χ0) is 16.7. The molecule has 3 fully saturated rings. The van der Waals surface area contributed by atoms with E-state index < -0.39 is 8.56 Å². The third kappa shape index (κ3) is 4.14. The molecule has 0 unspecified atom stereocenters. The van der Waals surface area contributed by atoms with E-state index in [0.29, 0.717) is 0 Å². The van der Waals surface area contributed by atoms with E-state index in [-0.39, 0.29) is 0 Å². The minimum atomic E-state index is -1.90. The van der Waals surface area contributed by atoms with Gasteiger partial charge in [0.25, 0.3) is 0 Å². The van der Waals surface area contributed by atoms with E-state index in [0.717, 1.165) is 0 Å². The Kier molecular flexibility index (Phi) is 7.38. The predicted octanol–water partition coefficient (Wildman–Crippen LogP) is 4.28. The van der Waals surface area contributed by atoms with Crippen LogP contribution in [0.3, 0.4) is 0 Å². The van der Waals surface area contributed by atoms with Crippen molar-refractivity contribution < 1.29 is 0 Å². The van der Waals surface area contributed by atoms with Crippen molar-refractivity contribution in [2.24, 2.45) is 0 Å². The highest BCUT2D eigenvalue weighted by molar-refractivity contribution is 6.76. The molecule has 0 N–H and O–H groups in total. The van der Waals surface area contributed by atoms with Gasteiger partial charge >= 0.3 is 8.56 Å². The van der Waals surface area contributed by atoms with Crippen LogP contribution in [0.4, 0.5) is 0 Å². The summed E-state index contributed by atoms with van der Waals surface area (Å²) in [6.45, 7) is 12.4. The number of hydrogen-bond acceptors (Lipinski definition) is 3. The molecule has 3 aliphatic heterocycles. The van der Waals surface area contributed by atoms with Crippen molar-refractivity contribution in [3.05, 3.63) is 12.3 Å². The molecule has 0 saturated carbocycles. The molecule has 4 heteroatoms. The molecule has 0 radical (unpaired) electrons. The summed E-state index contributed by atoms with van der Waals surface area (Å²) < 4.78 is 8.84.